The van der Waals surface area contributed by atoms with Crippen molar-refractivity contribution < 1.29 is 14.6 Å². The Hall–Kier alpha value is -3.27. The molecule has 3 aromatic rings. The number of rotatable bonds is 5. The molecule has 0 amide bonds. The Labute approximate surface area is 140 Å². The molecule has 0 radical (unpaired) electrons. The van der Waals surface area contributed by atoms with E-state index in [-0.39, 0.29) is 17.9 Å². The Bertz CT molecular complexity index is 837. The lowest BCUT2D eigenvalue weighted by Crippen LogP contribution is -2.06. The maximum Gasteiger partial charge on any atom is 0.342 e. The molecular weight excluding hydrogens is 302 g/mol. The topological polar surface area (TPSA) is 51.5 Å². The van der Waals surface area contributed by atoms with Crippen molar-refractivity contribution in [3.63, 3.8) is 0 Å². The first-order valence-corrected chi connectivity index (χ1v) is 7.59. The van der Waals surface area contributed by atoms with Crippen molar-refractivity contribution in [1.29, 1.82) is 0 Å². The van der Waals surface area contributed by atoms with E-state index in [0.717, 1.165) is 11.3 Å². The Kier molecular flexibility index (Phi) is 4.77. The quantitative estimate of drug-likeness (QED) is 0.722. The standard InChI is InChI=1S/C20H17NO3/c22-19-15-17(21-12-4-5-13-21)10-11-18(19)20(23)24-14-6-9-16-7-2-1-3-8-16/h1-13,15,22H,14H2/b9-6+. The van der Waals surface area contributed by atoms with Crippen LogP contribution < -0.4 is 0 Å². The normalized spacial score (nSPS) is 10.8. The van der Waals surface area contributed by atoms with Gasteiger partial charge in [-0.1, -0.05) is 36.4 Å². The highest BCUT2D eigenvalue weighted by Gasteiger charge is 2.13. The second-order valence-electron chi connectivity index (χ2n) is 5.20. The summed E-state index contributed by atoms with van der Waals surface area (Å²) in [6.45, 7) is 0.145. The van der Waals surface area contributed by atoms with E-state index in [1.807, 2.05) is 65.5 Å². The van der Waals surface area contributed by atoms with E-state index in [1.165, 1.54) is 6.07 Å². The number of benzene rings is 2. The summed E-state index contributed by atoms with van der Waals surface area (Å²) < 4.78 is 7.01. The van der Waals surface area contributed by atoms with Crippen molar-refractivity contribution in [2.45, 2.75) is 0 Å². The smallest absolute Gasteiger partial charge is 0.342 e. The lowest BCUT2D eigenvalue weighted by Gasteiger charge is -2.08. The van der Waals surface area contributed by atoms with Crippen LogP contribution in [-0.2, 0) is 4.74 Å². The van der Waals surface area contributed by atoms with Gasteiger partial charge in [0.1, 0.15) is 17.9 Å². The van der Waals surface area contributed by atoms with E-state index in [0.29, 0.717) is 0 Å². The number of esters is 1. The fraction of sp³-hybridized carbons (Fsp3) is 0.0500. The molecule has 0 aliphatic heterocycles. The van der Waals surface area contributed by atoms with Crippen molar-refractivity contribution in [3.8, 4) is 11.4 Å². The molecule has 1 heterocycles. The van der Waals surface area contributed by atoms with E-state index in [1.54, 1.807) is 18.2 Å². The summed E-state index contributed by atoms with van der Waals surface area (Å²) in [7, 11) is 0. The van der Waals surface area contributed by atoms with Gasteiger partial charge in [-0.05, 0) is 35.9 Å². The van der Waals surface area contributed by atoms with Crippen LogP contribution in [0.25, 0.3) is 11.8 Å². The molecule has 0 spiro atoms. The van der Waals surface area contributed by atoms with Gasteiger partial charge in [-0.3, -0.25) is 0 Å². The maximum absolute atomic E-state index is 12.1. The monoisotopic (exact) mass is 319 g/mol. The van der Waals surface area contributed by atoms with E-state index < -0.39 is 5.97 Å². The predicted octanol–water partition coefficient (Wildman–Crippen LogP) is 4.05. The molecule has 4 nitrogen and oxygen atoms in total. The molecule has 1 N–H and O–H groups in total. The number of phenolic OH excluding ortho intramolecular Hbond substituents is 1. The Morgan fingerprint density at radius 1 is 1.04 bits per heavy atom. The Morgan fingerprint density at radius 3 is 2.50 bits per heavy atom. The summed E-state index contributed by atoms with van der Waals surface area (Å²) in [5, 5.41) is 10.1. The van der Waals surface area contributed by atoms with E-state index in [9.17, 15) is 9.90 Å². The van der Waals surface area contributed by atoms with Crippen molar-refractivity contribution in [2.75, 3.05) is 6.61 Å². The SMILES string of the molecule is O=C(OC/C=C/c1ccccc1)c1ccc(-n2cccc2)cc1O. The number of aromatic nitrogens is 1. The molecule has 1 aromatic heterocycles. The van der Waals surface area contributed by atoms with Gasteiger partial charge in [-0.25, -0.2) is 4.79 Å². The minimum absolute atomic E-state index is 0.0989. The van der Waals surface area contributed by atoms with Gasteiger partial charge in [0.2, 0.25) is 0 Å². The molecule has 0 saturated heterocycles. The molecule has 4 heteroatoms. The third-order valence-corrected chi connectivity index (χ3v) is 3.52. The fourth-order valence-electron chi connectivity index (χ4n) is 2.31. The summed E-state index contributed by atoms with van der Waals surface area (Å²) >= 11 is 0. The molecule has 0 fully saturated rings. The molecule has 0 saturated carbocycles. The highest BCUT2D eigenvalue weighted by molar-refractivity contribution is 5.92. The molecule has 0 aliphatic carbocycles. The van der Waals surface area contributed by atoms with Crippen molar-refractivity contribution in [2.24, 2.45) is 0 Å². The van der Waals surface area contributed by atoms with Gasteiger partial charge in [0, 0.05) is 24.1 Å². The Balaban J connectivity index is 1.62. The lowest BCUT2D eigenvalue weighted by molar-refractivity contribution is 0.0547. The van der Waals surface area contributed by atoms with Gasteiger partial charge in [-0.2, -0.15) is 0 Å². The van der Waals surface area contributed by atoms with Gasteiger partial charge in [0.05, 0.1) is 0 Å². The summed E-state index contributed by atoms with van der Waals surface area (Å²) in [5.74, 6) is -0.650. The van der Waals surface area contributed by atoms with Crippen molar-refractivity contribution in [3.05, 3.63) is 90.3 Å². The van der Waals surface area contributed by atoms with Gasteiger partial charge in [0.25, 0.3) is 0 Å². The number of hydrogen-bond acceptors (Lipinski definition) is 3. The minimum Gasteiger partial charge on any atom is -0.507 e. The van der Waals surface area contributed by atoms with E-state index >= 15 is 0 Å². The zero-order valence-electron chi connectivity index (χ0n) is 13.0. The zero-order chi connectivity index (χ0) is 16.8. The fourth-order valence-corrected chi connectivity index (χ4v) is 2.31. The molecule has 120 valence electrons. The number of phenols is 1. The predicted molar refractivity (Wildman–Crippen MR) is 93.2 cm³/mol. The number of carbonyl (C=O) groups excluding carboxylic acids is 1. The average molecular weight is 319 g/mol. The number of ether oxygens (including phenoxy) is 1. The van der Waals surface area contributed by atoms with E-state index in [2.05, 4.69) is 0 Å². The maximum atomic E-state index is 12.1. The van der Waals surface area contributed by atoms with Gasteiger partial charge in [0.15, 0.2) is 0 Å². The Morgan fingerprint density at radius 2 is 1.79 bits per heavy atom. The lowest BCUT2D eigenvalue weighted by atomic mass is 10.2. The van der Waals surface area contributed by atoms with Gasteiger partial charge in [-0.15, -0.1) is 0 Å². The second kappa shape index (κ2) is 7.33. The minimum atomic E-state index is -0.552. The summed E-state index contributed by atoms with van der Waals surface area (Å²) in [6, 6.07) is 18.4. The van der Waals surface area contributed by atoms with Crippen molar-refractivity contribution >= 4 is 12.0 Å². The van der Waals surface area contributed by atoms with Crippen LogP contribution in [0.1, 0.15) is 15.9 Å². The highest BCUT2D eigenvalue weighted by atomic mass is 16.5. The first-order chi connectivity index (χ1) is 11.7. The molecule has 0 atom stereocenters. The molecule has 24 heavy (non-hydrogen) atoms. The van der Waals surface area contributed by atoms with Crippen LogP contribution in [0.2, 0.25) is 0 Å². The van der Waals surface area contributed by atoms with Crippen LogP contribution in [0.4, 0.5) is 0 Å². The molecule has 2 aromatic carbocycles. The molecule has 0 bridgehead atoms. The van der Waals surface area contributed by atoms with Crippen LogP contribution in [0.15, 0.2) is 79.1 Å². The van der Waals surface area contributed by atoms with Crippen molar-refractivity contribution in [1.82, 2.24) is 4.57 Å². The third kappa shape index (κ3) is 3.73. The first kappa shape index (κ1) is 15.6. The molecule has 3 rings (SSSR count). The third-order valence-electron chi connectivity index (χ3n) is 3.52. The highest BCUT2D eigenvalue weighted by Crippen LogP contribution is 2.22. The van der Waals surface area contributed by atoms with Crippen LogP contribution in [0.5, 0.6) is 5.75 Å². The summed E-state index contributed by atoms with van der Waals surface area (Å²) in [6.07, 6.45) is 7.36. The summed E-state index contributed by atoms with van der Waals surface area (Å²) in [5.41, 5.74) is 1.96. The number of hydrogen-bond donors (Lipinski definition) is 1. The number of aromatic hydroxyl groups is 1. The summed E-state index contributed by atoms with van der Waals surface area (Å²) in [4.78, 5) is 12.1. The molecule has 0 aliphatic rings. The van der Waals surface area contributed by atoms with Crippen LogP contribution in [0, 0.1) is 0 Å². The zero-order valence-corrected chi connectivity index (χ0v) is 13.0. The molecular formula is C20H17NO3. The molecule has 0 unspecified atom stereocenters. The van der Waals surface area contributed by atoms with Gasteiger partial charge < -0.3 is 14.4 Å². The number of nitrogens with zero attached hydrogens (tertiary/aromatic N) is 1. The van der Waals surface area contributed by atoms with Crippen LogP contribution in [0.3, 0.4) is 0 Å². The largest absolute Gasteiger partial charge is 0.507 e. The van der Waals surface area contributed by atoms with Gasteiger partial charge >= 0.3 is 5.97 Å². The number of carbonyl (C=O) groups is 1. The van der Waals surface area contributed by atoms with Crippen LogP contribution in [-0.4, -0.2) is 22.2 Å². The second-order valence-corrected chi connectivity index (χ2v) is 5.20. The van der Waals surface area contributed by atoms with Crippen LogP contribution >= 0.6 is 0 Å². The first-order valence-electron chi connectivity index (χ1n) is 7.59. The average Bonchev–Trinajstić information content (AvgIpc) is 3.14. The van der Waals surface area contributed by atoms with E-state index in [4.69, 9.17) is 4.74 Å².